The zero-order chi connectivity index (χ0) is 30.2. The first-order valence-electron chi connectivity index (χ1n) is 13.6. The van der Waals surface area contributed by atoms with Crippen LogP contribution in [0, 0.1) is 5.82 Å². The summed E-state index contributed by atoms with van der Waals surface area (Å²) in [4.78, 5) is 29.0. The summed E-state index contributed by atoms with van der Waals surface area (Å²) in [5.41, 5.74) is 3.39. The molecule has 12 heteroatoms. The fourth-order valence-electron chi connectivity index (χ4n) is 5.46. The molecule has 0 aliphatic carbocycles. The Morgan fingerprint density at radius 2 is 1.86 bits per heavy atom. The number of carbonyl (C=O) groups excluding carboxylic acids is 1. The van der Waals surface area contributed by atoms with Gasteiger partial charge in [-0.05, 0) is 24.3 Å². The van der Waals surface area contributed by atoms with Crippen molar-refractivity contribution in [2.75, 3.05) is 45.0 Å². The molecule has 4 aromatic rings. The standard InChI is InChI=1S/C31H28ClFN4O6/c1-35-15-19(14-34-35)21-10-25(32)23(13-28(21)41-2)30(38)37-16-18-4-3-5-20(29(18)43-17-37)22-12-27(36-6-8-42-9-7-36)24(31(39)40)11-26(22)33/h3-5,10-15H,6-9,16-17H2,1-2H3,(H,39,40). The summed E-state index contributed by atoms with van der Waals surface area (Å²) in [6.07, 6.45) is 3.51. The van der Waals surface area contributed by atoms with Gasteiger partial charge in [0.25, 0.3) is 5.91 Å². The first-order chi connectivity index (χ1) is 20.7. The van der Waals surface area contributed by atoms with Gasteiger partial charge in [0.2, 0.25) is 0 Å². The molecular weight excluding hydrogens is 579 g/mol. The molecule has 1 saturated heterocycles. The summed E-state index contributed by atoms with van der Waals surface area (Å²) >= 11 is 6.60. The van der Waals surface area contributed by atoms with Gasteiger partial charge in [-0.3, -0.25) is 9.48 Å². The fourth-order valence-corrected chi connectivity index (χ4v) is 5.71. The van der Waals surface area contributed by atoms with Gasteiger partial charge >= 0.3 is 5.97 Å². The molecule has 3 aromatic carbocycles. The van der Waals surface area contributed by atoms with Crippen molar-refractivity contribution in [2.45, 2.75) is 6.54 Å². The van der Waals surface area contributed by atoms with Crippen LogP contribution in [-0.4, -0.2) is 71.8 Å². The molecule has 0 bridgehead atoms. The Bertz CT molecular complexity index is 1740. The minimum absolute atomic E-state index is 0.100. The highest BCUT2D eigenvalue weighted by Gasteiger charge is 2.29. The van der Waals surface area contributed by atoms with Crippen LogP contribution >= 0.6 is 11.6 Å². The lowest BCUT2D eigenvalue weighted by Crippen LogP contribution is -2.37. The molecular formula is C31H28ClFN4O6. The lowest BCUT2D eigenvalue weighted by molar-refractivity contribution is 0.0515. The Labute approximate surface area is 251 Å². The zero-order valence-electron chi connectivity index (χ0n) is 23.5. The molecule has 0 atom stereocenters. The minimum Gasteiger partial charge on any atom is -0.496 e. The third-order valence-corrected chi connectivity index (χ3v) is 7.92. The molecule has 3 heterocycles. The van der Waals surface area contributed by atoms with Crippen molar-refractivity contribution >= 4 is 29.2 Å². The summed E-state index contributed by atoms with van der Waals surface area (Å²) < 4.78 is 34.2. The van der Waals surface area contributed by atoms with E-state index in [1.807, 2.05) is 11.1 Å². The Kier molecular flexibility index (Phi) is 7.68. The summed E-state index contributed by atoms with van der Waals surface area (Å²) in [6, 6.07) is 11.2. The molecule has 1 aromatic heterocycles. The third-order valence-electron chi connectivity index (χ3n) is 7.60. The maximum absolute atomic E-state index is 15.5. The molecule has 0 spiro atoms. The van der Waals surface area contributed by atoms with Crippen LogP contribution in [0.2, 0.25) is 5.02 Å². The second kappa shape index (κ2) is 11.6. The van der Waals surface area contributed by atoms with E-state index in [0.717, 1.165) is 11.6 Å². The largest absolute Gasteiger partial charge is 0.496 e. The number of benzene rings is 3. The monoisotopic (exact) mass is 606 g/mol. The molecule has 222 valence electrons. The van der Waals surface area contributed by atoms with E-state index in [1.54, 1.807) is 54.3 Å². The number of carbonyl (C=O) groups is 2. The molecule has 43 heavy (non-hydrogen) atoms. The van der Waals surface area contributed by atoms with E-state index in [9.17, 15) is 14.7 Å². The third kappa shape index (κ3) is 5.37. The summed E-state index contributed by atoms with van der Waals surface area (Å²) in [5.74, 6) is -1.35. The number of aromatic nitrogens is 2. The van der Waals surface area contributed by atoms with Gasteiger partial charge in [-0.1, -0.05) is 29.8 Å². The highest BCUT2D eigenvalue weighted by Crippen LogP contribution is 2.41. The number of para-hydroxylation sites is 1. The number of hydrogen-bond acceptors (Lipinski definition) is 7. The quantitative estimate of drug-likeness (QED) is 0.324. The van der Waals surface area contributed by atoms with Crippen LogP contribution in [0.5, 0.6) is 11.5 Å². The van der Waals surface area contributed by atoms with E-state index in [0.29, 0.717) is 60.2 Å². The maximum Gasteiger partial charge on any atom is 0.337 e. The van der Waals surface area contributed by atoms with Crippen molar-refractivity contribution in [1.82, 2.24) is 14.7 Å². The number of amides is 1. The van der Waals surface area contributed by atoms with Crippen LogP contribution in [0.3, 0.4) is 0 Å². The van der Waals surface area contributed by atoms with Crippen LogP contribution in [0.25, 0.3) is 22.3 Å². The Morgan fingerprint density at radius 3 is 2.56 bits per heavy atom. The van der Waals surface area contributed by atoms with Gasteiger partial charge in [0, 0.05) is 54.2 Å². The van der Waals surface area contributed by atoms with Crippen LogP contribution in [0.15, 0.2) is 54.9 Å². The number of nitrogens with zero attached hydrogens (tertiary/aromatic N) is 4. The highest BCUT2D eigenvalue weighted by atomic mass is 35.5. The van der Waals surface area contributed by atoms with Crippen molar-refractivity contribution in [3.05, 3.63) is 82.4 Å². The van der Waals surface area contributed by atoms with Gasteiger partial charge in [-0.25, -0.2) is 9.18 Å². The number of hydrogen-bond donors (Lipinski definition) is 1. The maximum atomic E-state index is 15.5. The zero-order valence-corrected chi connectivity index (χ0v) is 24.2. The highest BCUT2D eigenvalue weighted by molar-refractivity contribution is 6.34. The summed E-state index contributed by atoms with van der Waals surface area (Å²) in [5, 5.41) is 14.2. The normalized spacial score (nSPS) is 14.7. The number of aryl methyl sites for hydroxylation is 1. The van der Waals surface area contributed by atoms with E-state index in [-0.39, 0.29) is 40.9 Å². The molecule has 10 nitrogen and oxygen atoms in total. The van der Waals surface area contributed by atoms with Gasteiger partial charge < -0.3 is 29.1 Å². The molecule has 6 rings (SSSR count). The number of anilines is 1. The average Bonchev–Trinajstić information content (AvgIpc) is 3.46. The Hall–Kier alpha value is -4.61. The lowest BCUT2D eigenvalue weighted by Gasteiger charge is -2.32. The number of halogens is 2. The van der Waals surface area contributed by atoms with E-state index in [2.05, 4.69) is 5.10 Å². The molecule has 1 amide bonds. The van der Waals surface area contributed by atoms with Gasteiger partial charge in [0.15, 0.2) is 6.73 Å². The number of ether oxygens (including phenoxy) is 3. The van der Waals surface area contributed by atoms with Gasteiger partial charge in [0.05, 0.1) is 54.9 Å². The van der Waals surface area contributed by atoms with E-state index >= 15 is 4.39 Å². The average molecular weight is 607 g/mol. The first-order valence-corrected chi connectivity index (χ1v) is 13.9. The molecule has 0 saturated carbocycles. The second-order valence-corrected chi connectivity index (χ2v) is 10.7. The van der Waals surface area contributed by atoms with Crippen LogP contribution < -0.4 is 14.4 Å². The molecule has 1 fully saturated rings. The molecule has 0 radical (unpaired) electrons. The lowest BCUT2D eigenvalue weighted by atomic mass is 9.97. The second-order valence-electron chi connectivity index (χ2n) is 10.3. The number of rotatable bonds is 6. The van der Waals surface area contributed by atoms with Crippen LogP contribution in [0.1, 0.15) is 26.3 Å². The van der Waals surface area contributed by atoms with E-state index < -0.39 is 11.8 Å². The van der Waals surface area contributed by atoms with Crippen LogP contribution in [0.4, 0.5) is 10.1 Å². The van der Waals surface area contributed by atoms with Crippen molar-refractivity contribution in [3.63, 3.8) is 0 Å². The van der Waals surface area contributed by atoms with Gasteiger partial charge in [-0.2, -0.15) is 5.10 Å². The van der Waals surface area contributed by atoms with Crippen molar-refractivity contribution in [3.8, 4) is 33.8 Å². The van der Waals surface area contributed by atoms with E-state index in [4.69, 9.17) is 25.8 Å². The van der Waals surface area contributed by atoms with Gasteiger partial charge in [-0.15, -0.1) is 0 Å². The number of carboxylic acids is 1. The van der Waals surface area contributed by atoms with Crippen LogP contribution in [-0.2, 0) is 18.3 Å². The summed E-state index contributed by atoms with van der Waals surface area (Å²) in [7, 11) is 3.32. The topological polar surface area (TPSA) is 106 Å². The van der Waals surface area contributed by atoms with Crippen molar-refractivity contribution < 1.29 is 33.3 Å². The predicted molar refractivity (Wildman–Crippen MR) is 157 cm³/mol. The minimum atomic E-state index is -1.21. The SMILES string of the molecule is COc1cc(C(=O)N2COc3c(cccc3-c3cc(N4CCOCC4)c(C(=O)O)cc3F)C2)c(Cl)cc1-c1cnn(C)c1. The Morgan fingerprint density at radius 1 is 1.07 bits per heavy atom. The fraction of sp³-hybridized carbons (Fsp3) is 0.258. The number of carboxylic acid groups (broad SMARTS) is 1. The molecule has 1 N–H and O–H groups in total. The number of aromatic carboxylic acids is 1. The number of methoxy groups -OCH3 is 1. The van der Waals surface area contributed by atoms with E-state index in [1.165, 1.54) is 12.0 Å². The summed E-state index contributed by atoms with van der Waals surface area (Å²) in [6.45, 7) is 1.96. The Balaban J connectivity index is 1.31. The molecule has 0 unspecified atom stereocenters. The number of morpholine rings is 1. The smallest absolute Gasteiger partial charge is 0.337 e. The first kappa shape index (κ1) is 28.5. The molecule has 2 aliphatic heterocycles. The van der Waals surface area contributed by atoms with Gasteiger partial charge in [0.1, 0.15) is 17.3 Å². The predicted octanol–water partition coefficient (Wildman–Crippen LogP) is 5.08. The van der Waals surface area contributed by atoms with Crippen molar-refractivity contribution in [1.29, 1.82) is 0 Å². The molecule has 2 aliphatic rings. The van der Waals surface area contributed by atoms with Crippen molar-refractivity contribution in [2.24, 2.45) is 7.05 Å². The number of fused-ring (bicyclic) bond motifs is 1.